The van der Waals surface area contributed by atoms with Crippen LogP contribution in [0.1, 0.15) is 51.0 Å². The van der Waals surface area contributed by atoms with Crippen molar-refractivity contribution >= 4 is 5.91 Å². The molecule has 0 spiro atoms. The van der Waals surface area contributed by atoms with Crippen LogP contribution in [0.3, 0.4) is 0 Å². The molecule has 108 valence electrons. The number of nitrogens with zero attached hydrogens (tertiary/aromatic N) is 1. The average molecular weight is 271 g/mol. The Kier molecular flexibility index (Phi) is 4.09. The minimum Gasteiger partial charge on any atom is -0.337 e. The van der Waals surface area contributed by atoms with Crippen LogP contribution in [-0.4, -0.2) is 22.9 Å². The number of carbonyl (C=O) groups excluding carboxylic acids is 1. The Bertz CT molecular complexity index is 456. The first kappa shape index (κ1) is 13.7. The zero-order chi connectivity index (χ0) is 13.9. The highest BCUT2D eigenvalue weighted by Crippen LogP contribution is 2.34. The smallest absolute Gasteiger partial charge is 0.223 e. The van der Waals surface area contributed by atoms with Gasteiger partial charge in [-0.2, -0.15) is 0 Å². The monoisotopic (exact) mass is 271 g/mol. The molecule has 0 aromatic heterocycles. The molecule has 2 fully saturated rings. The first-order chi connectivity index (χ1) is 9.74. The molecular weight excluding hydrogens is 246 g/mol. The van der Waals surface area contributed by atoms with Gasteiger partial charge in [0.1, 0.15) is 0 Å². The standard InChI is InChI=1S/C18H25NO/c1-14-10-11-18(20)19(14)17-9-5-8-16(13-17)12-15-6-3-2-4-7-15/h2-4,6-7,14,16-17H,5,8-13H2,1H3. The number of hydrogen-bond donors (Lipinski definition) is 0. The van der Waals surface area contributed by atoms with Crippen LogP contribution >= 0.6 is 0 Å². The fraction of sp³-hybridized carbons (Fsp3) is 0.611. The van der Waals surface area contributed by atoms with Crippen LogP contribution in [0.4, 0.5) is 0 Å². The van der Waals surface area contributed by atoms with Crippen LogP contribution in [0, 0.1) is 5.92 Å². The Morgan fingerprint density at radius 3 is 2.65 bits per heavy atom. The van der Waals surface area contributed by atoms with E-state index < -0.39 is 0 Å². The molecule has 2 nitrogen and oxygen atoms in total. The van der Waals surface area contributed by atoms with Gasteiger partial charge < -0.3 is 4.90 Å². The Morgan fingerprint density at radius 2 is 1.95 bits per heavy atom. The molecule has 1 amide bonds. The number of hydrogen-bond acceptors (Lipinski definition) is 1. The van der Waals surface area contributed by atoms with Crippen molar-refractivity contribution in [3.05, 3.63) is 35.9 Å². The maximum absolute atomic E-state index is 12.1. The summed E-state index contributed by atoms with van der Waals surface area (Å²) in [7, 11) is 0. The lowest BCUT2D eigenvalue weighted by atomic mass is 9.81. The summed E-state index contributed by atoms with van der Waals surface area (Å²) in [5.74, 6) is 1.14. The number of benzene rings is 1. The highest BCUT2D eigenvalue weighted by molar-refractivity contribution is 5.79. The maximum atomic E-state index is 12.1. The molecule has 1 heterocycles. The summed E-state index contributed by atoms with van der Waals surface area (Å²) in [6.07, 6.45) is 8.00. The van der Waals surface area contributed by atoms with Gasteiger partial charge in [0.15, 0.2) is 0 Å². The van der Waals surface area contributed by atoms with Crippen molar-refractivity contribution in [3.8, 4) is 0 Å². The van der Waals surface area contributed by atoms with Crippen LogP contribution in [0.15, 0.2) is 30.3 Å². The predicted octanol–water partition coefficient (Wildman–Crippen LogP) is 3.80. The largest absolute Gasteiger partial charge is 0.337 e. The normalized spacial score (nSPS) is 30.8. The fourth-order valence-corrected chi connectivity index (χ4v) is 4.06. The summed E-state index contributed by atoms with van der Waals surface area (Å²) in [6.45, 7) is 2.21. The summed E-state index contributed by atoms with van der Waals surface area (Å²) < 4.78 is 0. The second-order valence-electron chi connectivity index (χ2n) is 6.56. The van der Waals surface area contributed by atoms with Crippen LogP contribution < -0.4 is 0 Å². The lowest BCUT2D eigenvalue weighted by Crippen LogP contribution is -2.43. The third-order valence-electron chi connectivity index (χ3n) is 5.05. The highest BCUT2D eigenvalue weighted by Gasteiger charge is 2.35. The molecule has 0 radical (unpaired) electrons. The molecular formula is C18H25NO. The lowest BCUT2D eigenvalue weighted by Gasteiger charge is -2.38. The fourth-order valence-electron chi connectivity index (χ4n) is 4.06. The van der Waals surface area contributed by atoms with Gasteiger partial charge in [0.25, 0.3) is 0 Å². The van der Waals surface area contributed by atoms with E-state index in [9.17, 15) is 4.79 Å². The van der Waals surface area contributed by atoms with Gasteiger partial charge in [-0.05, 0) is 50.5 Å². The van der Waals surface area contributed by atoms with E-state index >= 15 is 0 Å². The van der Waals surface area contributed by atoms with Crippen molar-refractivity contribution in [2.45, 2.75) is 64.0 Å². The van der Waals surface area contributed by atoms with Crippen molar-refractivity contribution in [1.29, 1.82) is 0 Å². The van der Waals surface area contributed by atoms with Gasteiger partial charge in [0, 0.05) is 18.5 Å². The van der Waals surface area contributed by atoms with E-state index in [1.165, 1.54) is 37.7 Å². The zero-order valence-corrected chi connectivity index (χ0v) is 12.4. The molecule has 0 N–H and O–H groups in total. The molecule has 0 bridgehead atoms. The van der Waals surface area contributed by atoms with E-state index in [1.54, 1.807) is 0 Å². The molecule has 3 rings (SSSR count). The van der Waals surface area contributed by atoms with Gasteiger partial charge in [-0.25, -0.2) is 0 Å². The Balaban J connectivity index is 1.63. The van der Waals surface area contributed by atoms with Gasteiger partial charge in [-0.3, -0.25) is 4.79 Å². The number of carbonyl (C=O) groups is 1. The minimum absolute atomic E-state index is 0.392. The second-order valence-corrected chi connectivity index (χ2v) is 6.56. The second kappa shape index (κ2) is 5.99. The predicted molar refractivity (Wildman–Crippen MR) is 81.4 cm³/mol. The van der Waals surface area contributed by atoms with Crippen LogP contribution in [0.5, 0.6) is 0 Å². The molecule has 1 saturated carbocycles. The minimum atomic E-state index is 0.392. The first-order valence-corrected chi connectivity index (χ1v) is 8.09. The molecule has 1 aliphatic carbocycles. The van der Waals surface area contributed by atoms with Gasteiger partial charge in [-0.15, -0.1) is 0 Å². The molecule has 2 heteroatoms. The average Bonchev–Trinajstić information content (AvgIpc) is 2.80. The SMILES string of the molecule is CC1CCC(=O)N1C1CCCC(Cc2ccccc2)C1. The zero-order valence-electron chi connectivity index (χ0n) is 12.4. The van der Waals surface area contributed by atoms with Crippen molar-refractivity contribution in [1.82, 2.24) is 4.90 Å². The maximum Gasteiger partial charge on any atom is 0.223 e. The number of rotatable bonds is 3. The van der Waals surface area contributed by atoms with Crippen LogP contribution in [-0.2, 0) is 11.2 Å². The lowest BCUT2D eigenvalue weighted by molar-refractivity contribution is -0.131. The summed E-state index contributed by atoms with van der Waals surface area (Å²) in [4.78, 5) is 14.3. The van der Waals surface area contributed by atoms with Crippen LogP contribution in [0.25, 0.3) is 0 Å². The number of amides is 1. The Morgan fingerprint density at radius 1 is 1.15 bits per heavy atom. The van der Waals surface area contributed by atoms with Gasteiger partial charge in [-0.1, -0.05) is 36.8 Å². The molecule has 1 aromatic carbocycles. The summed E-state index contributed by atoms with van der Waals surface area (Å²) in [5, 5.41) is 0. The van der Waals surface area contributed by atoms with E-state index in [-0.39, 0.29) is 0 Å². The van der Waals surface area contributed by atoms with E-state index in [0.29, 0.717) is 18.0 Å². The molecule has 3 unspecified atom stereocenters. The molecule has 20 heavy (non-hydrogen) atoms. The van der Waals surface area contributed by atoms with Crippen molar-refractivity contribution < 1.29 is 4.79 Å². The molecule has 3 atom stereocenters. The highest BCUT2D eigenvalue weighted by atomic mass is 16.2. The summed E-state index contributed by atoms with van der Waals surface area (Å²) in [5.41, 5.74) is 1.44. The summed E-state index contributed by atoms with van der Waals surface area (Å²) >= 11 is 0. The molecule has 1 aliphatic heterocycles. The first-order valence-electron chi connectivity index (χ1n) is 8.09. The number of likely N-dealkylation sites (tertiary alicyclic amines) is 1. The molecule has 2 aliphatic rings. The molecule has 1 saturated heterocycles. The van der Waals surface area contributed by atoms with Gasteiger partial charge >= 0.3 is 0 Å². The third kappa shape index (κ3) is 2.89. The van der Waals surface area contributed by atoms with E-state index in [4.69, 9.17) is 0 Å². The van der Waals surface area contributed by atoms with Crippen molar-refractivity contribution in [3.63, 3.8) is 0 Å². The van der Waals surface area contributed by atoms with E-state index in [2.05, 4.69) is 42.2 Å². The summed E-state index contributed by atoms with van der Waals surface area (Å²) in [6, 6.07) is 11.8. The topological polar surface area (TPSA) is 20.3 Å². The van der Waals surface area contributed by atoms with Crippen molar-refractivity contribution in [2.75, 3.05) is 0 Å². The quantitative estimate of drug-likeness (QED) is 0.819. The third-order valence-corrected chi connectivity index (χ3v) is 5.05. The Hall–Kier alpha value is -1.31. The molecule has 1 aromatic rings. The Labute approximate surface area is 122 Å². The van der Waals surface area contributed by atoms with Crippen LogP contribution in [0.2, 0.25) is 0 Å². The van der Waals surface area contributed by atoms with E-state index in [1.807, 2.05) is 0 Å². The van der Waals surface area contributed by atoms with Crippen molar-refractivity contribution in [2.24, 2.45) is 5.92 Å². The van der Waals surface area contributed by atoms with E-state index in [0.717, 1.165) is 18.8 Å². The van der Waals surface area contributed by atoms with Gasteiger partial charge in [0.05, 0.1) is 0 Å². The van der Waals surface area contributed by atoms with Gasteiger partial charge in [0.2, 0.25) is 5.91 Å².